The third kappa shape index (κ3) is 4.04. The predicted molar refractivity (Wildman–Crippen MR) is 185 cm³/mol. The molecule has 0 unspecified atom stereocenters. The Morgan fingerprint density at radius 2 is 1.09 bits per heavy atom. The van der Waals surface area contributed by atoms with Crippen LogP contribution < -0.4 is 0 Å². The minimum atomic E-state index is 0.915. The first-order chi connectivity index (χ1) is 22.3. The SMILES string of the molecule is c1ccc(-c2cnn3c(-c4ccccc4)c(-c4cccc(-c5cc6cccnc6c6ncccc56)c4)c4ccccc4c23)cc1. The van der Waals surface area contributed by atoms with Crippen LogP contribution in [0.5, 0.6) is 0 Å². The fraction of sp³-hybridized carbons (Fsp3) is 0. The van der Waals surface area contributed by atoms with Gasteiger partial charge in [0.2, 0.25) is 0 Å². The van der Waals surface area contributed by atoms with Crippen molar-refractivity contribution in [1.29, 1.82) is 0 Å². The van der Waals surface area contributed by atoms with Crippen molar-refractivity contribution in [2.24, 2.45) is 0 Å². The lowest BCUT2D eigenvalue weighted by Crippen LogP contribution is -2.00. The Bertz CT molecular complexity index is 2530. The number of pyridine rings is 3. The maximum Gasteiger partial charge on any atom is 0.0970 e. The Labute approximate surface area is 259 Å². The van der Waals surface area contributed by atoms with Crippen LogP contribution in [-0.4, -0.2) is 19.6 Å². The number of rotatable bonds is 4. The molecule has 4 heterocycles. The van der Waals surface area contributed by atoms with E-state index in [1.807, 2.05) is 30.7 Å². The summed E-state index contributed by atoms with van der Waals surface area (Å²) in [6, 6.07) is 49.2. The van der Waals surface area contributed by atoms with E-state index < -0.39 is 0 Å². The van der Waals surface area contributed by atoms with Gasteiger partial charge in [0.05, 0.1) is 28.4 Å². The van der Waals surface area contributed by atoms with Gasteiger partial charge in [0.15, 0.2) is 0 Å². The Morgan fingerprint density at radius 3 is 1.91 bits per heavy atom. The Hall–Kier alpha value is -6.13. The molecule has 0 N–H and O–H groups in total. The molecule has 0 radical (unpaired) electrons. The van der Waals surface area contributed by atoms with E-state index in [-0.39, 0.29) is 0 Å². The molecule has 9 rings (SSSR count). The molecule has 5 aromatic carbocycles. The van der Waals surface area contributed by atoms with Crippen molar-refractivity contribution in [2.75, 3.05) is 0 Å². The minimum absolute atomic E-state index is 0.915. The van der Waals surface area contributed by atoms with Crippen molar-refractivity contribution in [2.45, 2.75) is 0 Å². The average Bonchev–Trinajstić information content (AvgIpc) is 3.57. The lowest BCUT2D eigenvalue weighted by atomic mass is 9.90. The van der Waals surface area contributed by atoms with Gasteiger partial charge in [0, 0.05) is 45.2 Å². The molecule has 0 fully saturated rings. The fourth-order valence-corrected chi connectivity index (χ4v) is 6.76. The summed E-state index contributed by atoms with van der Waals surface area (Å²) < 4.78 is 2.14. The molecule has 0 spiro atoms. The van der Waals surface area contributed by atoms with E-state index >= 15 is 0 Å². The first kappa shape index (κ1) is 25.4. The molecule has 0 aliphatic rings. The molecule has 0 saturated carbocycles. The van der Waals surface area contributed by atoms with Gasteiger partial charge in [-0.2, -0.15) is 5.10 Å². The normalized spacial score (nSPS) is 11.6. The second-order valence-corrected chi connectivity index (χ2v) is 11.3. The summed E-state index contributed by atoms with van der Waals surface area (Å²) in [4.78, 5) is 9.43. The van der Waals surface area contributed by atoms with Gasteiger partial charge in [-0.1, -0.05) is 115 Å². The van der Waals surface area contributed by atoms with Gasteiger partial charge in [-0.3, -0.25) is 9.97 Å². The van der Waals surface area contributed by atoms with Crippen molar-refractivity contribution in [1.82, 2.24) is 19.6 Å². The standard InChI is InChI=1S/C41H26N4/c1-3-12-27(13-4-1)36-26-44-45-40(28-14-5-2-6-15-28)37(32-19-7-8-20-34(32)41(36)45)30-17-9-16-29(24-30)35-25-31-18-10-22-42-38(31)39-33(35)21-11-23-43-39/h1-26H. The van der Waals surface area contributed by atoms with Crippen LogP contribution in [0.1, 0.15) is 0 Å². The van der Waals surface area contributed by atoms with Crippen molar-refractivity contribution in [3.8, 4) is 44.6 Å². The quantitative estimate of drug-likeness (QED) is 0.196. The number of hydrogen-bond donors (Lipinski definition) is 0. The molecule has 9 aromatic rings. The van der Waals surface area contributed by atoms with Crippen LogP contribution in [0.15, 0.2) is 158 Å². The van der Waals surface area contributed by atoms with Gasteiger partial charge >= 0.3 is 0 Å². The zero-order chi connectivity index (χ0) is 29.7. The maximum atomic E-state index is 5.06. The molecule has 4 nitrogen and oxygen atoms in total. The summed E-state index contributed by atoms with van der Waals surface area (Å²) in [6.07, 6.45) is 5.69. The molecule has 210 valence electrons. The van der Waals surface area contributed by atoms with Crippen LogP contribution in [0.2, 0.25) is 0 Å². The van der Waals surface area contributed by atoms with Crippen LogP contribution in [0.3, 0.4) is 0 Å². The van der Waals surface area contributed by atoms with Gasteiger partial charge in [-0.25, -0.2) is 4.52 Å². The van der Waals surface area contributed by atoms with E-state index in [1.165, 1.54) is 10.8 Å². The number of aromatic nitrogens is 4. The molecule has 0 aliphatic carbocycles. The van der Waals surface area contributed by atoms with E-state index in [1.54, 1.807) is 0 Å². The second-order valence-electron chi connectivity index (χ2n) is 11.3. The highest BCUT2D eigenvalue weighted by Gasteiger charge is 2.22. The van der Waals surface area contributed by atoms with Gasteiger partial charge in [0.25, 0.3) is 0 Å². The molecule has 0 saturated heterocycles. The molecule has 4 heteroatoms. The molecule has 0 aliphatic heterocycles. The summed E-state index contributed by atoms with van der Waals surface area (Å²) in [5.74, 6) is 0. The number of hydrogen-bond acceptors (Lipinski definition) is 3. The lowest BCUT2D eigenvalue weighted by molar-refractivity contribution is 0.976. The molecule has 4 aromatic heterocycles. The van der Waals surface area contributed by atoms with Gasteiger partial charge < -0.3 is 0 Å². The zero-order valence-corrected chi connectivity index (χ0v) is 24.3. The molecule has 0 bridgehead atoms. The number of nitrogens with zero attached hydrogens (tertiary/aromatic N) is 4. The van der Waals surface area contributed by atoms with Gasteiger partial charge in [-0.15, -0.1) is 0 Å². The highest BCUT2D eigenvalue weighted by Crippen LogP contribution is 2.44. The summed E-state index contributed by atoms with van der Waals surface area (Å²) >= 11 is 0. The van der Waals surface area contributed by atoms with Crippen LogP contribution >= 0.6 is 0 Å². The summed E-state index contributed by atoms with van der Waals surface area (Å²) in [6.45, 7) is 0. The maximum absolute atomic E-state index is 5.06. The van der Waals surface area contributed by atoms with Crippen LogP contribution in [0.25, 0.3) is 82.7 Å². The molecule has 45 heavy (non-hydrogen) atoms. The number of fused-ring (bicyclic) bond motifs is 6. The molecule has 0 atom stereocenters. The van der Waals surface area contributed by atoms with E-state index in [0.29, 0.717) is 0 Å². The van der Waals surface area contributed by atoms with Gasteiger partial charge in [-0.05, 0) is 51.9 Å². The second kappa shape index (κ2) is 10.2. The first-order valence-corrected chi connectivity index (χ1v) is 15.1. The third-order valence-corrected chi connectivity index (χ3v) is 8.72. The van der Waals surface area contributed by atoms with Crippen molar-refractivity contribution in [3.63, 3.8) is 0 Å². The highest BCUT2D eigenvalue weighted by atomic mass is 15.2. The smallest absolute Gasteiger partial charge is 0.0970 e. The molecular formula is C41H26N4. The summed E-state index contributed by atoms with van der Waals surface area (Å²) in [7, 11) is 0. The number of benzene rings is 5. The lowest BCUT2D eigenvalue weighted by Gasteiger charge is -2.18. The van der Waals surface area contributed by atoms with E-state index in [0.717, 1.165) is 72.0 Å². The average molecular weight is 575 g/mol. The Kier molecular flexibility index (Phi) is 5.78. The summed E-state index contributed by atoms with van der Waals surface area (Å²) in [5, 5.41) is 9.58. The Balaban J connectivity index is 1.37. The fourth-order valence-electron chi connectivity index (χ4n) is 6.76. The summed E-state index contributed by atoms with van der Waals surface area (Å²) in [5.41, 5.74) is 11.9. The van der Waals surface area contributed by atoms with E-state index in [9.17, 15) is 0 Å². The topological polar surface area (TPSA) is 43.1 Å². The van der Waals surface area contributed by atoms with Crippen LogP contribution in [0, 0.1) is 0 Å². The van der Waals surface area contributed by atoms with E-state index in [2.05, 4.69) is 137 Å². The third-order valence-electron chi connectivity index (χ3n) is 8.72. The van der Waals surface area contributed by atoms with Crippen LogP contribution in [-0.2, 0) is 0 Å². The van der Waals surface area contributed by atoms with Crippen molar-refractivity contribution in [3.05, 3.63) is 158 Å². The molecule has 0 amide bonds. The van der Waals surface area contributed by atoms with Crippen molar-refractivity contribution >= 4 is 38.1 Å². The minimum Gasteiger partial charge on any atom is -0.254 e. The predicted octanol–water partition coefficient (Wildman–Crippen LogP) is 10.3. The van der Waals surface area contributed by atoms with Crippen molar-refractivity contribution < 1.29 is 0 Å². The molecular weight excluding hydrogens is 548 g/mol. The zero-order valence-electron chi connectivity index (χ0n) is 24.3. The Morgan fingerprint density at radius 1 is 0.444 bits per heavy atom. The first-order valence-electron chi connectivity index (χ1n) is 15.1. The monoisotopic (exact) mass is 574 g/mol. The van der Waals surface area contributed by atoms with Gasteiger partial charge in [0.1, 0.15) is 0 Å². The van der Waals surface area contributed by atoms with E-state index in [4.69, 9.17) is 10.1 Å². The highest BCUT2D eigenvalue weighted by molar-refractivity contribution is 6.14. The van der Waals surface area contributed by atoms with Crippen LogP contribution in [0.4, 0.5) is 0 Å². The largest absolute Gasteiger partial charge is 0.254 e.